The van der Waals surface area contributed by atoms with E-state index in [2.05, 4.69) is 52.0 Å². The van der Waals surface area contributed by atoms with Crippen LogP contribution in [0.5, 0.6) is 5.75 Å². The number of ether oxygens (including phenoxy) is 1. The van der Waals surface area contributed by atoms with Crippen LogP contribution >= 0.6 is 0 Å². The predicted octanol–water partition coefficient (Wildman–Crippen LogP) is 5.54. The minimum atomic E-state index is 0.0646. The van der Waals surface area contributed by atoms with Crippen LogP contribution in [0.4, 0.5) is 0 Å². The zero-order valence-corrected chi connectivity index (χ0v) is 15.3. The van der Waals surface area contributed by atoms with Crippen LogP contribution in [0.25, 0.3) is 0 Å². The number of hydrogen-bond donors (Lipinski definition) is 1. The Morgan fingerprint density at radius 1 is 0.833 bits per heavy atom. The topological polar surface area (TPSA) is 29.5 Å². The number of aliphatic hydroxyl groups excluding tert-OH is 1. The predicted molar refractivity (Wildman–Crippen MR) is 100 cm³/mol. The summed E-state index contributed by atoms with van der Waals surface area (Å²) in [5.74, 6) is 2.81. The second-order valence-corrected chi connectivity index (χ2v) is 7.31. The molecule has 0 aromatic heterocycles. The van der Waals surface area contributed by atoms with Crippen LogP contribution in [0, 0.1) is 11.8 Å². The molecule has 1 N–H and O–H groups in total. The number of aliphatic hydroxyl groups is 1. The fourth-order valence-corrected chi connectivity index (χ4v) is 3.02. The average molecular weight is 326 g/mol. The molecule has 2 aromatic carbocycles. The molecule has 2 nitrogen and oxygen atoms in total. The lowest BCUT2D eigenvalue weighted by Gasteiger charge is -2.23. The Morgan fingerprint density at radius 2 is 1.42 bits per heavy atom. The van der Waals surface area contributed by atoms with Crippen molar-refractivity contribution in [1.29, 1.82) is 0 Å². The van der Waals surface area contributed by atoms with Gasteiger partial charge in [-0.2, -0.15) is 0 Å². The molecule has 2 rings (SSSR count). The molecule has 0 saturated carbocycles. The molecule has 0 radical (unpaired) electrons. The van der Waals surface area contributed by atoms with Gasteiger partial charge in [0.15, 0.2) is 0 Å². The van der Waals surface area contributed by atoms with Gasteiger partial charge in [0.25, 0.3) is 0 Å². The van der Waals surface area contributed by atoms with Crippen LogP contribution in [-0.2, 0) is 13.2 Å². The fraction of sp³-hybridized carbons (Fsp3) is 0.455. The molecule has 1 unspecified atom stereocenters. The van der Waals surface area contributed by atoms with Crippen molar-refractivity contribution in [3.05, 3.63) is 65.2 Å². The van der Waals surface area contributed by atoms with E-state index in [0.29, 0.717) is 24.4 Å². The van der Waals surface area contributed by atoms with Crippen LogP contribution in [0.3, 0.4) is 0 Å². The van der Waals surface area contributed by atoms with Crippen molar-refractivity contribution in [1.82, 2.24) is 0 Å². The monoisotopic (exact) mass is 326 g/mol. The first-order valence-electron chi connectivity index (χ1n) is 8.91. The summed E-state index contributed by atoms with van der Waals surface area (Å²) in [6.07, 6.45) is 1.23. The fourth-order valence-electron chi connectivity index (χ4n) is 3.02. The van der Waals surface area contributed by atoms with Crippen LogP contribution in [0.1, 0.15) is 56.7 Å². The van der Waals surface area contributed by atoms with Crippen molar-refractivity contribution in [3.8, 4) is 5.75 Å². The van der Waals surface area contributed by atoms with Crippen LogP contribution in [-0.4, -0.2) is 5.11 Å². The van der Waals surface area contributed by atoms with E-state index >= 15 is 0 Å². The van der Waals surface area contributed by atoms with Gasteiger partial charge in [-0.3, -0.25) is 0 Å². The maximum absolute atomic E-state index is 9.06. The Labute approximate surface area is 146 Å². The van der Waals surface area contributed by atoms with Gasteiger partial charge in [-0.25, -0.2) is 0 Å². The summed E-state index contributed by atoms with van der Waals surface area (Å²) < 4.78 is 5.82. The molecule has 0 bridgehead atoms. The third-order valence-electron chi connectivity index (χ3n) is 4.45. The number of hydrogen-bond acceptors (Lipinski definition) is 2. The van der Waals surface area contributed by atoms with Crippen LogP contribution in [0.2, 0.25) is 0 Å². The van der Waals surface area contributed by atoms with E-state index in [1.807, 2.05) is 24.3 Å². The van der Waals surface area contributed by atoms with Gasteiger partial charge in [0, 0.05) is 0 Å². The highest BCUT2D eigenvalue weighted by molar-refractivity contribution is 5.29. The summed E-state index contributed by atoms with van der Waals surface area (Å²) >= 11 is 0. The van der Waals surface area contributed by atoms with Crippen molar-refractivity contribution < 1.29 is 9.84 Å². The molecule has 1 atom stereocenters. The highest BCUT2D eigenvalue weighted by atomic mass is 16.5. The summed E-state index contributed by atoms with van der Waals surface area (Å²) in [4.78, 5) is 0. The van der Waals surface area contributed by atoms with Gasteiger partial charge in [0.05, 0.1) is 6.61 Å². The molecule has 0 saturated heterocycles. The van der Waals surface area contributed by atoms with Gasteiger partial charge in [-0.05, 0) is 53.0 Å². The molecule has 0 heterocycles. The van der Waals surface area contributed by atoms with E-state index in [4.69, 9.17) is 9.84 Å². The molecule has 0 aliphatic heterocycles. The molecule has 2 heteroatoms. The lowest BCUT2D eigenvalue weighted by Crippen LogP contribution is -2.10. The zero-order valence-electron chi connectivity index (χ0n) is 15.3. The molecule has 130 valence electrons. The van der Waals surface area contributed by atoms with E-state index in [-0.39, 0.29) is 6.61 Å². The molecule has 0 spiro atoms. The Morgan fingerprint density at radius 3 is 1.92 bits per heavy atom. The highest BCUT2D eigenvalue weighted by Gasteiger charge is 2.17. The standard InChI is InChI=1S/C22H30O2/c1-16(2)13-22(17(3)4)20-9-5-19(6-10-20)15-24-21-11-7-18(14-23)8-12-21/h5-12,16-17,22-23H,13-15H2,1-4H3. The van der Waals surface area contributed by atoms with E-state index in [1.165, 1.54) is 17.5 Å². The molecule has 0 aliphatic carbocycles. The van der Waals surface area contributed by atoms with Crippen LogP contribution < -0.4 is 4.74 Å². The van der Waals surface area contributed by atoms with Crippen molar-refractivity contribution in [2.45, 2.75) is 53.2 Å². The zero-order chi connectivity index (χ0) is 17.5. The van der Waals surface area contributed by atoms with Gasteiger partial charge in [-0.15, -0.1) is 0 Å². The number of rotatable bonds is 8. The molecule has 24 heavy (non-hydrogen) atoms. The first-order chi connectivity index (χ1) is 11.5. The second-order valence-electron chi connectivity index (χ2n) is 7.31. The van der Waals surface area contributed by atoms with Crippen LogP contribution in [0.15, 0.2) is 48.5 Å². The normalized spacial score (nSPS) is 12.6. The minimum absolute atomic E-state index is 0.0646. The van der Waals surface area contributed by atoms with E-state index in [0.717, 1.165) is 11.3 Å². The van der Waals surface area contributed by atoms with Gasteiger partial charge in [0.2, 0.25) is 0 Å². The molecule has 0 aliphatic rings. The molecular formula is C22H30O2. The van der Waals surface area contributed by atoms with Gasteiger partial charge in [0.1, 0.15) is 12.4 Å². The first-order valence-corrected chi connectivity index (χ1v) is 8.91. The molecule has 0 amide bonds. The largest absolute Gasteiger partial charge is 0.489 e. The minimum Gasteiger partial charge on any atom is -0.489 e. The van der Waals surface area contributed by atoms with Crippen molar-refractivity contribution in [3.63, 3.8) is 0 Å². The summed E-state index contributed by atoms with van der Waals surface area (Å²) in [6.45, 7) is 9.82. The molecule has 0 fully saturated rings. The third-order valence-corrected chi connectivity index (χ3v) is 4.45. The van der Waals surface area contributed by atoms with E-state index in [1.54, 1.807) is 0 Å². The number of benzene rings is 2. The highest BCUT2D eigenvalue weighted by Crippen LogP contribution is 2.31. The summed E-state index contributed by atoms with van der Waals surface area (Å²) in [7, 11) is 0. The first kappa shape index (κ1) is 18.5. The SMILES string of the molecule is CC(C)CC(c1ccc(COc2ccc(CO)cc2)cc1)C(C)C. The van der Waals surface area contributed by atoms with Crippen molar-refractivity contribution in [2.24, 2.45) is 11.8 Å². The maximum Gasteiger partial charge on any atom is 0.119 e. The summed E-state index contributed by atoms with van der Waals surface area (Å²) in [6, 6.07) is 16.4. The smallest absolute Gasteiger partial charge is 0.119 e. The average Bonchev–Trinajstić information content (AvgIpc) is 2.58. The Bertz CT molecular complexity index is 597. The van der Waals surface area contributed by atoms with Crippen molar-refractivity contribution >= 4 is 0 Å². The quantitative estimate of drug-likeness (QED) is 0.690. The lowest BCUT2D eigenvalue weighted by molar-refractivity contribution is 0.280. The Kier molecular flexibility index (Phi) is 6.86. The lowest BCUT2D eigenvalue weighted by atomic mass is 9.82. The van der Waals surface area contributed by atoms with Gasteiger partial charge in [-0.1, -0.05) is 64.1 Å². The Balaban J connectivity index is 1.97. The Hall–Kier alpha value is -1.80. The summed E-state index contributed by atoms with van der Waals surface area (Å²) in [5, 5.41) is 9.06. The van der Waals surface area contributed by atoms with Gasteiger partial charge < -0.3 is 9.84 Å². The molecule has 2 aromatic rings. The third kappa shape index (κ3) is 5.38. The van der Waals surface area contributed by atoms with Gasteiger partial charge >= 0.3 is 0 Å². The molecular weight excluding hydrogens is 296 g/mol. The van der Waals surface area contributed by atoms with Crippen molar-refractivity contribution in [2.75, 3.05) is 0 Å². The second kappa shape index (κ2) is 8.89. The maximum atomic E-state index is 9.06. The van der Waals surface area contributed by atoms with E-state index in [9.17, 15) is 0 Å². The summed E-state index contributed by atoms with van der Waals surface area (Å²) in [5.41, 5.74) is 3.50. The van der Waals surface area contributed by atoms with E-state index < -0.39 is 0 Å².